The highest BCUT2D eigenvalue weighted by Crippen LogP contribution is 2.17. The molecule has 0 aromatic carbocycles. The molecule has 0 radical (unpaired) electrons. The minimum atomic E-state index is -0.118. The normalized spacial score (nSPS) is 18.2. The highest BCUT2D eigenvalue weighted by Gasteiger charge is 2.24. The molecule has 1 aromatic heterocycles. The van der Waals surface area contributed by atoms with Crippen molar-refractivity contribution in [2.75, 3.05) is 39.4 Å². The SMILES string of the molecule is CCCCNC(=O)NCCC[C@H]1COC(c2cccc(C3=N[C@@H](CCCNC(=O)NCCCC)CO3)n2)=N1. The first kappa shape index (κ1) is 29.2. The van der Waals surface area contributed by atoms with Gasteiger partial charge in [0.05, 0.1) is 12.1 Å². The Morgan fingerprint density at radius 2 is 1.16 bits per heavy atom. The third-order valence-corrected chi connectivity index (χ3v) is 6.24. The molecule has 0 saturated carbocycles. The van der Waals surface area contributed by atoms with Crippen LogP contribution in [0.3, 0.4) is 0 Å². The number of carbonyl (C=O) groups excluding carboxylic acids is 2. The Labute approximate surface area is 225 Å². The van der Waals surface area contributed by atoms with E-state index in [1.165, 1.54) is 0 Å². The van der Waals surface area contributed by atoms with Crippen molar-refractivity contribution in [1.82, 2.24) is 26.3 Å². The molecule has 4 amide bonds. The molecule has 2 aliphatic rings. The molecule has 0 aliphatic carbocycles. The standard InChI is InChI=1S/C27H43N7O4/c1-3-5-14-28-26(35)30-16-8-10-20-18-37-24(32-20)22-12-7-13-23(34-22)25-33-21(19-38-25)11-9-17-31-27(36)29-15-6-4-2/h7,12-13,20-21H,3-6,8-11,14-19H2,1-2H3,(H2,28,30,35)(H2,29,31,36)/t20-,21-/m0/s1. The Kier molecular flexibility index (Phi) is 12.6. The predicted molar refractivity (Wildman–Crippen MR) is 148 cm³/mol. The summed E-state index contributed by atoms with van der Waals surface area (Å²) in [4.78, 5) is 37.5. The molecule has 0 spiro atoms. The quantitative estimate of drug-likeness (QED) is 0.244. The summed E-state index contributed by atoms with van der Waals surface area (Å²) in [5, 5.41) is 11.5. The van der Waals surface area contributed by atoms with Crippen molar-refractivity contribution in [1.29, 1.82) is 0 Å². The van der Waals surface area contributed by atoms with E-state index in [4.69, 9.17) is 9.47 Å². The molecule has 1 aromatic rings. The van der Waals surface area contributed by atoms with Gasteiger partial charge >= 0.3 is 12.1 Å². The summed E-state index contributed by atoms with van der Waals surface area (Å²) in [6, 6.07) is 5.51. The lowest BCUT2D eigenvalue weighted by Crippen LogP contribution is -2.36. The maximum atomic E-state index is 11.7. The summed E-state index contributed by atoms with van der Waals surface area (Å²) in [6.07, 6.45) is 7.38. The number of nitrogens with zero attached hydrogens (tertiary/aromatic N) is 3. The van der Waals surface area contributed by atoms with Crippen molar-refractivity contribution in [2.24, 2.45) is 9.98 Å². The first-order valence-electron chi connectivity index (χ1n) is 14.0. The van der Waals surface area contributed by atoms with Gasteiger partial charge in [0.25, 0.3) is 0 Å². The first-order chi connectivity index (χ1) is 18.6. The van der Waals surface area contributed by atoms with Gasteiger partial charge in [0.1, 0.15) is 24.6 Å². The fourth-order valence-electron chi connectivity index (χ4n) is 4.04. The number of unbranched alkanes of at least 4 members (excludes halogenated alkanes) is 2. The summed E-state index contributed by atoms with van der Waals surface area (Å²) in [6.45, 7) is 7.82. The Balaban J connectivity index is 1.39. The molecule has 2 aliphatic heterocycles. The van der Waals surface area contributed by atoms with Crippen LogP contribution < -0.4 is 21.3 Å². The van der Waals surface area contributed by atoms with Gasteiger partial charge in [-0.15, -0.1) is 0 Å². The van der Waals surface area contributed by atoms with Gasteiger partial charge in [-0.1, -0.05) is 32.8 Å². The van der Waals surface area contributed by atoms with E-state index < -0.39 is 0 Å². The third kappa shape index (κ3) is 10.2. The molecular weight excluding hydrogens is 486 g/mol. The first-order valence-corrected chi connectivity index (χ1v) is 14.0. The number of rotatable bonds is 16. The third-order valence-electron chi connectivity index (χ3n) is 6.24. The summed E-state index contributed by atoms with van der Waals surface area (Å²) < 4.78 is 11.6. The monoisotopic (exact) mass is 529 g/mol. The van der Waals surface area contributed by atoms with Crippen molar-refractivity contribution in [3.63, 3.8) is 0 Å². The van der Waals surface area contributed by atoms with E-state index in [1.807, 2.05) is 18.2 Å². The van der Waals surface area contributed by atoms with Gasteiger partial charge in [-0.2, -0.15) is 0 Å². The van der Waals surface area contributed by atoms with Gasteiger partial charge in [0, 0.05) is 26.2 Å². The highest BCUT2D eigenvalue weighted by atomic mass is 16.5. The van der Waals surface area contributed by atoms with E-state index in [0.29, 0.717) is 62.6 Å². The fraction of sp³-hybridized carbons (Fsp3) is 0.667. The van der Waals surface area contributed by atoms with Gasteiger partial charge in [-0.3, -0.25) is 0 Å². The molecule has 11 heteroatoms. The van der Waals surface area contributed by atoms with Crippen molar-refractivity contribution >= 4 is 23.9 Å². The smallest absolute Gasteiger partial charge is 0.314 e. The van der Waals surface area contributed by atoms with Gasteiger partial charge in [0.2, 0.25) is 11.8 Å². The molecule has 0 unspecified atom stereocenters. The van der Waals surface area contributed by atoms with Crippen LogP contribution in [0.4, 0.5) is 9.59 Å². The Morgan fingerprint density at radius 3 is 1.58 bits per heavy atom. The lowest BCUT2D eigenvalue weighted by molar-refractivity contribution is 0.239. The maximum absolute atomic E-state index is 11.7. The molecule has 210 valence electrons. The number of urea groups is 2. The number of nitrogens with one attached hydrogen (secondary N) is 4. The minimum Gasteiger partial charge on any atom is -0.474 e. The van der Waals surface area contributed by atoms with Crippen molar-refractivity contribution in [2.45, 2.75) is 77.3 Å². The zero-order chi connectivity index (χ0) is 27.0. The minimum absolute atomic E-state index is 0.0483. The van der Waals surface area contributed by atoms with Crippen molar-refractivity contribution < 1.29 is 19.1 Å². The maximum Gasteiger partial charge on any atom is 0.314 e. The zero-order valence-corrected chi connectivity index (χ0v) is 22.8. The lowest BCUT2D eigenvalue weighted by Gasteiger charge is -2.08. The van der Waals surface area contributed by atoms with Crippen LogP contribution >= 0.6 is 0 Å². The molecule has 4 N–H and O–H groups in total. The average molecular weight is 530 g/mol. The number of pyridine rings is 1. The van der Waals surface area contributed by atoms with Crippen LogP contribution in [-0.4, -0.2) is 80.3 Å². The number of aromatic nitrogens is 1. The second kappa shape index (κ2) is 16.5. The fourth-order valence-corrected chi connectivity index (χ4v) is 4.04. The van der Waals surface area contributed by atoms with E-state index in [1.54, 1.807) is 0 Å². The van der Waals surface area contributed by atoms with Gasteiger partial charge in [-0.25, -0.2) is 24.6 Å². The van der Waals surface area contributed by atoms with Crippen LogP contribution in [0.15, 0.2) is 28.2 Å². The summed E-state index contributed by atoms with van der Waals surface area (Å²) >= 11 is 0. The lowest BCUT2D eigenvalue weighted by atomic mass is 10.2. The average Bonchev–Trinajstić information content (AvgIpc) is 3.60. The van der Waals surface area contributed by atoms with Crippen molar-refractivity contribution in [3.8, 4) is 0 Å². The van der Waals surface area contributed by atoms with Crippen molar-refractivity contribution in [3.05, 3.63) is 29.6 Å². The summed E-state index contributed by atoms with van der Waals surface area (Å²) in [5.41, 5.74) is 1.32. The summed E-state index contributed by atoms with van der Waals surface area (Å²) in [5.74, 6) is 1.06. The molecule has 0 fully saturated rings. The van der Waals surface area contributed by atoms with Crippen LogP contribution in [0.5, 0.6) is 0 Å². The Morgan fingerprint density at radius 1 is 0.737 bits per heavy atom. The number of hydrogen-bond acceptors (Lipinski definition) is 7. The molecule has 0 bridgehead atoms. The van der Waals surface area contributed by atoms with E-state index >= 15 is 0 Å². The molecule has 11 nitrogen and oxygen atoms in total. The molecule has 0 saturated heterocycles. The van der Waals surface area contributed by atoms with Crippen LogP contribution in [0.25, 0.3) is 0 Å². The number of hydrogen-bond donors (Lipinski definition) is 4. The van der Waals surface area contributed by atoms with Crippen LogP contribution in [-0.2, 0) is 9.47 Å². The second-order valence-electron chi connectivity index (χ2n) is 9.56. The van der Waals surface area contributed by atoms with E-state index in [2.05, 4.69) is 50.1 Å². The second-order valence-corrected chi connectivity index (χ2v) is 9.56. The van der Waals surface area contributed by atoms with Crippen LogP contribution in [0, 0.1) is 0 Å². The highest BCUT2D eigenvalue weighted by molar-refractivity contribution is 5.97. The molecular formula is C27H43N7O4. The Hall–Kier alpha value is -3.37. The van der Waals surface area contributed by atoms with Gasteiger partial charge in [-0.05, 0) is 50.7 Å². The van der Waals surface area contributed by atoms with Gasteiger partial charge in [0.15, 0.2) is 0 Å². The number of ether oxygens (including phenoxy) is 2. The topological polar surface area (TPSA) is 138 Å². The van der Waals surface area contributed by atoms with Crippen LogP contribution in [0.2, 0.25) is 0 Å². The number of aliphatic imine (C=N–C) groups is 2. The Bertz CT molecular complexity index is 882. The van der Waals surface area contributed by atoms with Crippen LogP contribution in [0.1, 0.15) is 76.6 Å². The van der Waals surface area contributed by atoms with E-state index in [9.17, 15) is 9.59 Å². The zero-order valence-electron chi connectivity index (χ0n) is 22.8. The number of carbonyl (C=O) groups is 2. The number of amides is 4. The predicted octanol–water partition coefficient (Wildman–Crippen LogP) is 3.13. The summed E-state index contributed by atoms with van der Waals surface area (Å²) in [7, 11) is 0. The molecule has 3 heterocycles. The molecule has 3 rings (SSSR count). The molecule has 38 heavy (non-hydrogen) atoms. The van der Waals surface area contributed by atoms with Gasteiger partial charge < -0.3 is 30.7 Å². The largest absolute Gasteiger partial charge is 0.474 e. The molecule has 2 atom stereocenters. The van der Waals surface area contributed by atoms with E-state index in [0.717, 1.165) is 51.4 Å². The van der Waals surface area contributed by atoms with E-state index in [-0.39, 0.29) is 24.1 Å².